The van der Waals surface area contributed by atoms with Crippen LogP contribution in [-0.2, 0) is 4.79 Å². The number of benzene rings is 1. The van der Waals surface area contributed by atoms with Crippen molar-refractivity contribution < 1.29 is 14.3 Å². The van der Waals surface area contributed by atoms with Crippen LogP contribution in [-0.4, -0.2) is 54.5 Å². The molecule has 3 amide bonds. The smallest absolute Gasteiger partial charge is 0.319 e. The third kappa shape index (κ3) is 4.57. The topological polar surface area (TPSA) is 61.9 Å². The molecule has 1 aromatic carbocycles. The van der Waals surface area contributed by atoms with Crippen molar-refractivity contribution in [2.45, 2.75) is 39.2 Å². The molecule has 1 N–H and O–H groups in total. The molecule has 0 spiro atoms. The fourth-order valence-corrected chi connectivity index (χ4v) is 4.21. The molecule has 1 unspecified atom stereocenters. The molecule has 1 fully saturated rings. The van der Waals surface area contributed by atoms with Gasteiger partial charge in [0.15, 0.2) is 0 Å². The summed E-state index contributed by atoms with van der Waals surface area (Å²) < 4.78 is 6.68. The first-order valence-corrected chi connectivity index (χ1v) is 10.6. The zero-order chi connectivity index (χ0) is 19.4. The highest BCUT2D eigenvalue weighted by molar-refractivity contribution is 9.10. The minimum atomic E-state index is -0.0378. The van der Waals surface area contributed by atoms with Crippen LogP contribution in [0.1, 0.15) is 44.7 Å². The third-order valence-corrected chi connectivity index (χ3v) is 5.99. The number of likely N-dealkylation sites (tertiary alicyclic amines) is 1. The second kappa shape index (κ2) is 8.95. The molecule has 148 valence electrons. The predicted octanol–water partition coefficient (Wildman–Crippen LogP) is 3.56. The van der Waals surface area contributed by atoms with E-state index in [0.717, 1.165) is 22.2 Å². The maximum Gasteiger partial charge on any atom is 0.319 e. The molecule has 3 rings (SSSR count). The van der Waals surface area contributed by atoms with Gasteiger partial charge in [-0.05, 0) is 44.9 Å². The van der Waals surface area contributed by atoms with Gasteiger partial charge < -0.3 is 19.9 Å². The van der Waals surface area contributed by atoms with E-state index in [1.807, 2.05) is 41.8 Å². The summed E-state index contributed by atoms with van der Waals surface area (Å²) in [5, 5.41) is 3.21. The van der Waals surface area contributed by atoms with Crippen molar-refractivity contribution >= 4 is 27.9 Å². The minimum Gasteiger partial charge on any atom is -0.493 e. The number of nitrogens with one attached hydrogen (secondary N) is 1. The maximum atomic E-state index is 12.8. The standard InChI is InChI=1S/C20H28BrN3O3/c1-3-23(4-2)20(26)24-10-7-14(8-11-24)19(25)22-17-9-12-27-18-6-5-15(21)13-16(17)18/h5-6,13-14,17H,3-4,7-12H2,1-2H3,(H,22,25). The van der Waals surface area contributed by atoms with Crippen LogP contribution in [0, 0.1) is 5.92 Å². The van der Waals surface area contributed by atoms with E-state index in [-0.39, 0.29) is 23.9 Å². The Morgan fingerprint density at radius 3 is 2.59 bits per heavy atom. The average molecular weight is 438 g/mol. The Kier molecular flexibility index (Phi) is 6.63. The first-order valence-electron chi connectivity index (χ1n) is 9.80. The zero-order valence-electron chi connectivity index (χ0n) is 16.0. The summed E-state index contributed by atoms with van der Waals surface area (Å²) in [4.78, 5) is 29.0. The predicted molar refractivity (Wildman–Crippen MR) is 108 cm³/mol. The molecule has 1 saturated heterocycles. The van der Waals surface area contributed by atoms with Crippen LogP contribution in [0.2, 0.25) is 0 Å². The lowest BCUT2D eigenvalue weighted by atomic mass is 9.94. The second-order valence-electron chi connectivity index (χ2n) is 7.10. The van der Waals surface area contributed by atoms with Gasteiger partial charge in [0.2, 0.25) is 5.91 Å². The number of carbonyl (C=O) groups excluding carboxylic acids is 2. The SMILES string of the molecule is CCN(CC)C(=O)N1CCC(C(=O)NC2CCOc3ccc(Br)cc32)CC1. The Hall–Kier alpha value is -1.76. The summed E-state index contributed by atoms with van der Waals surface area (Å²) in [5.74, 6) is 0.890. The first-order chi connectivity index (χ1) is 13.0. The van der Waals surface area contributed by atoms with Gasteiger partial charge in [-0.1, -0.05) is 15.9 Å². The number of ether oxygens (including phenoxy) is 1. The highest BCUT2D eigenvalue weighted by Crippen LogP contribution is 2.34. The molecule has 2 aliphatic heterocycles. The van der Waals surface area contributed by atoms with Crippen LogP contribution in [0.25, 0.3) is 0 Å². The molecule has 6 nitrogen and oxygen atoms in total. The molecule has 1 atom stereocenters. The minimum absolute atomic E-state index is 0.0194. The van der Waals surface area contributed by atoms with Gasteiger partial charge in [0.25, 0.3) is 0 Å². The number of rotatable bonds is 4. The molecule has 2 aliphatic rings. The Labute approximate surface area is 169 Å². The van der Waals surface area contributed by atoms with E-state index in [4.69, 9.17) is 4.74 Å². The first kappa shape index (κ1) is 20.0. The van der Waals surface area contributed by atoms with Gasteiger partial charge in [0.1, 0.15) is 5.75 Å². The van der Waals surface area contributed by atoms with Crippen LogP contribution in [0.4, 0.5) is 4.79 Å². The van der Waals surface area contributed by atoms with Crippen molar-refractivity contribution in [2.24, 2.45) is 5.92 Å². The van der Waals surface area contributed by atoms with Crippen LogP contribution in [0.3, 0.4) is 0 Å². The lowest BCUT2D eigenvalue weighted by molar-refractivity contribution is -0.127. The Morgan fingerprint density at radius 1 is 1.22 bits per heavy atom. The van der Waals surface area contributed by atoms with Gasteiger partial charge in [-0.15, -0.1) is 0 Å². The molecule has 2 heterocycles. The van der Waals surface area contributed by atoms with Crippen molar-refractivity contribution in [1.29, 1.82) is 0 Å². The molecule has 0 radical (unpaired) electrons. The monoisotopic (exact) mass is 437 g/mol. The molecule has 0 aromatic heterocycles. The van der Waals surface area contributed by atoms with Crippen LogP contribution >= 0.6 is 15.9 Å². The summed E-state index contributed by atoms with van der Waals surface area (Å²) >= 11 is 3.49. The van der Waals surface area contributed by atoms with Gasteiger partial charge in [0.05, 0.1) is 12.6 Å². The fourth-order valence-electron chi connectivity index (χ4n) is 3.83. The molecule has 27 heavy (non-hydrogen) atoms. The van der Waals surface area contributed by atoms with Gasteiger partial charge >= 0.3 is 6.03 Å². The zero-order valence-corrected chi connectivity index (χ0v) is 17.6. The van der Waals surface area contributed by atoms with Crippen molar-refractivity contribution in [3.8, 4) is 5.75 Å². The number of piperidine rings is 1. The van der Waals surface area contributed by atoms with Gasteiger partial charge in [-0.25, -0.2) is 4.79 Å². The van der Waals surface area contributed by atoms with Crippen molar-refractivity contribution in [3.63, 3.8) is 0 Å². The lowest BCUT2D eigenvalue weighted by Gasteiger charge is -2.35. The second-order valence-corrected chi connectivity index (χ2v) is 8.01. The van der Waals surface area contributed by atoms with Crippen molar-refractivity contribution in [3.05, 3.63) is 28.2 Å². The normalized spacial score (nSPS) is 19.8. The molecule has 0 bridgehead atoms. The fraction of sp³-hybridized carbons (Fsp3) is 0.600. The van der Waals surface area contributed by atoms with E-state index >= 15 is 0 Å². The Balaban J connectivity index is 1.57. The molecule has 1 aromatic rings. The molecular formula is C20H28BrN3O3. The Bertz CT molecular complexity index is 685. The number of halogens is 1. The largest absolute Gasteiger partial charge is 0.493 e. The van der Waals surface area contributed by atoms with E-state index in [2.05, 4.69) is 21.2 Å². The highest BCUT2D eigenvalue weighted by Gasteiger charge is 2.31. The summed E-state index contributed by atoms with van der Waals surface area (Å²) in [6.07, 6.45) is 2.20. The Morgan fingerprint density at radius 2 is 1.93 bits per heavy atom. The molecular weight excluding hydrogens is 410 g/mol. The summed E-state index contributed by atoms with van der Waals surface area (Å²) in [6.45, 7) is 7.31. The van der Waals surface area contributed by atoms with Crippen LogP contribution in [0.15, 0.2) is 22.7 Å². The summed E-state index contributed by atoms with van der Waals surface area (Å²) in [7, 11) is 0. The van der Waals surface area contributed by atoms with E-state index in [0.29, 0.717) is 45.6 Å². The quantitative estimate of drug-likeness (QED) is 0.782. The highest BCUT2D eigenvalue weighted by atomic mass is 79.9. The number of hydrogen-bond acceptors (Lipinski definition) is 3. The number of fused-ring (bicyclic) bond motifs is 1. The van der Waals surface area contributed by atoms with Crippen LogP contribution in [0.5, 0.6) is 5.75 Å². The van der Waals surface area contributed by atoms with E-state index in [1.54, 1.807) is 0 Å². The number of hydrogen-bond donors (Lipinski definition) is 1. The molecule has 7 heteroatoms. The number of nitrogens with zero attached hydrogens (tertiary/aromatic N) is 2. The summed E-state index contributed by atoms with van der Waals surface area (Å²) in [5.41, 5.74) is 1.03. The number of amides is 3. The van der Waals surface area contributed by atoms with E-state index in [9.17, 15) is 9.59 Å². The maximum absolute atomic E-state index is 12.8. The van der Waals surface area contributed by atoms with Crippen molar-refractivity contribution in [2.75, 3.05) is 32.8 Å². The van der Waals surface area contributed by atoms with Gasteiger partial charge in [-0.2, -0.15) is 0 Å². The van der Waals surface area contributed by atoms with E-state index in [1.165, 1.54) is 0 Å². The molecule has 0 saturated carbocycles. The number of carbonyl (C=O) groups is 2. The third-order valence-electron chi connectivity index (χ3n) is 5.50. The van der Waals surface area contributed by atoms with Gasteiger partial charge in [-0.3, -0.25) is 4.79 Å². The average Bonchev–Trinajstić information content (AvgIpc) is 2.69. The lowest BCUT2D eigenvalue weighted by Crippen LogP contribution is -2.48. The molecule has 0 aliphatic carbocycles. The summed E-state index contributed by atoms with van der Waals surface area (Å²) in [6, 6.07) is 5.97. The van der Waals surface area contributed by atoms with Gasteiger partial charge in [0, 0.05) is 48.6 Å². The van der Waals surface area contributed by atoms with Crippen LogP contribution < -0.4 is 10.1 Å². The van der Waals surface area contributed by atoms with Crippen molar-refractivity contribution in [1.82, 2.24) is 15.1 Å². The number of urea groups is 1. The van der Waals surface area contributed by atoms with E-state index < -0.39 is 0 Å².